The number of nitrogens with one attached hydrogen (secondary N) is 1. The van der Waals surface area contributed by atoms with Crippen LogP contribution in [-0.4, -0.2) is 29.2 Å². The van der Waals surface area contributed by atoms with Crippen LogP contribution in [0.2, 0.25) is 0 Å². The number of carbonyl (C=O) groups is 2. The minimum absolute atomic E-state index is 0.397. The average molecular weight is 287 g/mol. The topological polar surface area (TPSA) is 66.4 Å². The highest BCUT2D eigenvalue weighted by atomic mass is 19.4. The van der Waals surface area contributed by atoms with E-state index in [2.05, 4.69) is 0 Å². The number of rotatable bonds is 3. The van der Waals surface area contributed by atoms with Crippen molar-refractivity contribution in [1.29, 1.82) is 0 Å². The molecule has 0 heterocycles. The second-order valence-corrected chi connectivity index (χ2v) is 4.63. The predicted molar refractivity (Wildman–Crippen MR) is 63.1 cm³/mol. The van der Waals surface area contributed by atoms with E-state index in [-0.39, 0.29) is 0 Å². The van der Waals surface area contributed by atoms with E-state index in [0.29, 0.717) is 18.4 Å². The van der Waals surface area contributed by atoms with Crippen molar-refractivity contribution in [3.05, 3.63) is 35.4 Å². The molecule has 0 aliphatic heterocycles. The first-order chi connectivity index (χ1) is 9.30. The summed E-state index contributed by atoms with van der Waals surface area (Å²) in [4.78, 5) is 22.1. The number of aliphatic carboxylic acids is 1. The summed E-state index contributed by atoms with van der Waals surface area (Å²) >= 11 is 0. The molecule has 7 heteroatoms. The van der Waals surface area contributed by atoms with Crippen LogP contribution < -0.4 is 5.32 Å². The Bertz CT molecular complexity index is 542. The lowest BCUT2D eigenvalue weighted by Gasteiger charge is -2.22. The number of carboxylic acids is 1. The number of halogens is 3. The Hall–Kier alpha value is -2.05. The highest BCUT2D eigenvalue weighted by Crippen LogP contribution is 2.35. The first-order valence-corrected chi connectivity index (χ1v) is 5.99. The van der Waals surface area contributed by atoms with Crippen LogP contribution >= 0.6 is 0 Å². The van der Waals surface area contributed by atoms with Crippen molar-refractivity contribution in [3.63, 3.8) is 0 Å². The highest BCUT2D eigenvalue weighted by molar-refractivity contribution is 5.87. The quantitative estimate of drug-likeness (QED) is 0.891. The molecule has 108 valence electrons. The Balaban J connectivity index is 2.23. The second kappa shape index (κ2) is 5.15. The van der Waals surface area contributed by atoms with Gasteiger partial charge in [-0.1, -0.05) is 24.3 Å². The molecular formula is C13H12F3NO3. The zero-order valence-corrected chi connectivity index (χ0v) is 10.3. The maximum absolute atomic E-state index is 12.3. The van der Waals surface area contributed by atoms with Gasteiger partial charge >= 0.3 is 18.1 Å². The molecule has 2 atom stereocenters. The van der Waals surface area contributed by atoms with Crippen molar-refractivity contribution < 1.29 is 27.9 Å². The lowest BCUT2D eigenvalue weighted by atomic mass is 9.93. The molecule has 1 aliphatic rings. The molecule has 0 bridgehead atoms. The molecule has 1 aromatic carbocycles. The van der Waals surface area contributed by atoms with Gasteiger partial charge in [-0.3, -0.25) is 4.79 Å². The molecule has 0 aromatic heterocycles. The second-order valence-electron chi connectivity index (χ2n) is 4.63. The lowest BCUT2D eigenvalue weighted by Crippen LogP contribution is -2.49. The Morgan fingerprint density at radius 2 is 1.95 bits per heavy atom. The minimum Gasteiger partial charge on any atom is -0.480 e. The summed E-state index contributed by atoms with van der Waals surface area (Å²) < 4.78 is 36.8. The third kappa shape index (κ3) is 2.76. The first-order valence-electron chi connectivity index (χ1n) is 5.99. The number of aryl methyl sites for hydroxylation is 1. The molecule has 0 saturated carbocycles. The maximum Gasteiger partial charge on any atom is 0.471 e. The van der Waals surface area contributed by atoms with Crippen molar-refractivity contribution in [1.82, 2.24) is 5.32 Å². The van der Waals surface area contributed by atoms with Gasteiger partial charge in [0.1, 0.15) is 6.04 Å². The smallest absolute Gasteiger partial charge is 0.471 e. The fraction of sp³-hybridized carbons (Fsp3) is 0.385. The Morgan fingerprint density at radius 3 is 2.55 bits per heavy atom. The SMILES string of the molecule is O=C(O)C(NC(=O)C(F)(F)F)C1CCc2ccccc21. The van der Waals surface area contributed by atoms with Crippen LogP contribution in [0.4, 0.5) is 13.2 Å². The number of hydrogen-bond acceptors (Lipinski definition) is 2. The molecule has 4 nitrogen and oxygen atoms in total. The molecule has 0 spiro atoms. The zero-order valence-electron chi connectivity index (χ0n) is 10.3. The molecule has 20 heavy (non-hydrogen) atoms. The monoisotopic (exact) mass is 287 g/mol. The van der Waals surface area contributed by atoms with Gasteiger partial charge in [0.2, 0.25) is 0 Å². The van der Waals surface area contributed by atoms with Crippen LogP contribution in [0, 0.1) is 0 Å². The van der Waals surface area contributed by atoms with Crippen LogP contribution in [0.25, 0.3) is 0 Å². The van der Waals surface area contributed by atoms with Gasteiger partial charge in [0, 0.05) is 5.92 Å². The molecule has 2 unspecified atom stereocenters. The van der Waals surface area contributed by atoms with Gasteiger partial charge in [0.05, 0.1) is 0 Å². The van der Waals surface area contributed by atoms with E-state index >= 15 is 0 Å². The van der Waals surface area contributed by atoms with Gasteiger partial charge in [0.15, 0.2) is 0 Å². The van der Waals surface area contributed by atoms with Gasteiger partial charge in [0.25, 0.3) is 0 Å². The summed E-state index contributed by atoms with van der Waals surface area (Å²) in [5.74, 6) is -4.34. The van der Waals surface area contributed by atoms with Crippen molar-refractivity contribution in [2.24, 2.45) is 0 Å². The molecule has 2 rings (SSSR count). The molecule has 1 aromatic rings. The van der Waals surface area contributed by atoms with Crippen LogP contribution in [-0.2, 0) is 16.0 Å². The van der Waals surface area contributed by atoms with E-state index in [9.17, 15) is 22.8 Å². The number of amides is 1. The predicted octanol–water partition coefficient (Wildman–Crippen LogP) is 1.85. The molecule has 1 aliphatic carbocycles. The number of carboxylic acid groups (broad SMARTS) is 1. The van der Waals surface area contributed by atoms with Crippen molar-refractivity contribution in [2.45, 2.75) is 31.0 Å². The van der Waals surface area contributed by atoms with Crippen LogP contribution in [0.1, 0.15) is 23.5 Å². The van der Waals surface area contributed by atoms with Crippen LogP contribution in [0.3, 0.4) is 0 Å². The Kier molecular flexibility index (Phi) is 3.69. The Labute approximate surface area is 112 Å². The third-order valence-corrected chi connectivity index (χ3v) is 3.39. The van der Waals surface area contributed by atoms with Gasteiger partial charge in [-0.05, 0) is 24.0 Å². The van der Waals surface area contributed by atoms with Gasteiger partial charge in [-0.25, -0.2) is 4.79 Å². The fourth-order valence-corrected chi connectivity index (χ4v) is 2.49. The minimum atomic E-state index is -5.09. The van der Waals surface area contributed by atoms with E-state index in [1.165, 1.54) is 0 Å². The van der Waals surface area contributed by atoms with Gasteiger partial charge in [-0.2, -0.15) is 13.2 Å². The summed E-state index contributed by atoms with van der Waals surface area (Å²) in [6.45, 7) is 0. The van der Waals surface area contributed by atoms with Crippen LogP contribution in [0.5, 0.6) is 0 Å². The summed E-state index contributed by atoms with van der Waals surface area (Å²) in [5.41, 5.74) is 1.59. The largest absolute Gasteiger partial charge is 0.480 e. The standard InChI is InChI=1S/C13H12F3NO3/c14-13(15,16)12(20)17-10(11(18)19)9-6-5-7-3-1-2-4-8(7)9/h1-4,9-10H,5-6H2,(H,17,20)(H,18,19). The maximum atomic E-state index is 12.3. The lowest BCUT2D eigenvalue weighted by molar-refractivity contribution is -0.175. The van der Waals surface area contributed by atoms with Gasteiger partial charge in [-0.15, -0.1) is 0 Å². The fourth-order valence-electron chi connectivity index (χ4n) is 2.49. The van der Waals surface area contributed by atoms with Crippen molar-refractivity contribution in [2.75, 3.05) is 0 Å². The molecule has 2 N–H and O–H groups in total. The number of fused-ring (bicyclic) bond motifs is 1. The molecular weight excluding hydrogens is 275 g/mol. The molecule has 1 amide bonds. The van der Waals surface area contributed by atoms with Crippen molar-refractivity contribution in [3.8, 4) is 0 Å². The van der Waals surface area contributed by atoms with E-state index in [4.69, 9.17) is 5.11 Å². The number of alkyl halides is 3. The summed E-state index contributed by atoms with van der Waals surface area (Å²) in [5, 5.41) is 10.7. The average Bonchev–Trinajstić information content (AvgIpc) is 2.77. The van der Waals surface area contributed by atoms with Crippen LogP contribution in [0.15, 0.2) is 24.3 Å². The van der Waals surface area contributed by atoms with E-state index in [1.807, 2.05) is 0 Å². The van der Waals surface area contributed by atoms with E-state index < -0.39 is 30.0 Å². The van der Waals surface area contributed by atoms with Crippen molar-refractivity contribution >= 4 is 11.9 Å². The molecule has 0 saturated heterocycles. The Morgan fingerprint density at radius 1 is 1.30 bits per heavy atom. The van der Waals surface area contributed by atoms with E-state index in [1.54, 1.807) is 29.6 Å². The summed E-state index contributed by atoms with van der Waals surface area (Å²) in [6, 6.07) is 5.39. The first kappa shape index (κ1) is 14.4. The third-order valence-electron chi connectivity index (χ3n) is 3.39. The number of carbonyl (C=O) groups excluding carboxylic acids is 1. The van der Waals surface area contributed by atoms with Gasteiger partial charge < -0.3 is 10.4 Å². The number of hydrogen-bond donors (Lipinski definition) is 2. The molecule has 0 radical (unpaired) electrons. The summed E-state index contributed by atoms with van der Waals surface area (Å²) in [7, 11) is 0. The highest BCUT2D eigenvalue weighted by Gasteiger charge is 2.43. The summed E-state index contributed by atoms with van der Waals surface area (Å²) in [6.07, 6.45) is -4.10. The van der Waals surface area contributed by atoms with E-state index in [0.717, 1.165) is 5.56 Å². The molecule has 0 fully saturated rings. The zero-order chi connectivity index (χ0) is 14.9. The normalized spacial score (nSPS) is 19.2. The number of benzene rings is 1.